The van der Waals surface area contributed by atoms with Crippen molar-refractivity contribution in [2.24, 2.45) is 11.8 Å². The first-order valence-electron chi connectivity index (χ1n) is 10.4. The third-order valence-electron chi connectivity index (χ3n) is 5.70. The minimum absolute atomic E-state index is 0.222. The number of benzene rings is 1. The number of sulfone groups is 1. The second kappa shape index (κ2) is 9.32. The van der Waals surface area contributed by atoms with Crippen molar-refractivity contribution in [2.75, 3.05) is 30.9 Å². The fourth-order valence-corrected chi connectivity index (χ4v) is 4.46. The molecule has 2 heterocycles. The number of rotatable bonds is 8. The van der Waals surface area contributed by atoms with Crippen LogP contribution in [-0.2, 0) is 9.84 Å². The first kappa shape index (κ1) is 22.5. The minimum Gasteiger partial charge on any atom is -0.493 e. The monoisotopic (exact) mass is 439 g/mol. The molecule has 1 aliphatic rings. The summed E-state index contributed by atoms with van der Waals surface area (Å²) in [5.74, 6) is 2.16. The number of hydrogen-bond acceptors (Lipinski definition) is 7. The summed E-state index contributed by atoms with van der Waals surface area (Å²) in [6, 6.07) is 3.89. The van der Waals surface area contributed by atoms with Crippen molar-refractivity contribution in [3.05, 3.63) is 29.9 Å². The van der Waals surface area contributed by atoms with Gasteiger partial charge in [-0.3, -0.25) is 0 Å². The normalized spacial score (nSPS) is 16.8. The Kier molecular flexibility index (Phi) is 7.00. The molecule has 0 unspecified atom stereocenters. The number of halogens is 1. The molecule has 30 heavy (non-hydrogen) atoms. The summed E-state index contributed by atoms with van der Waals surface area (Å²) in [6.07, 6.45) is 3.93. The fraction of sp³-hybridized carbons (Fsp3) is 0.619. The topological polar surface area (TPSA) is 85.5 Å². The van der Waals surface area contributed by atoms with E-state index in [1.165, 1.54) is 12.1 Å². The first-order valence-corrected chi connectivity index (χ1v) is 12.2. The van der Waals surface area contributed by atoms with Crippen LogP contribution in [0.3, 0.4) is 0 Å². The predicted octanol–water partition coefficient (Wildman–Crippen LogP) is 4.06. The van der Waals surface area contributed by atoms with Gasteiger partial charge in [-0.05, 0) is 48.4 Å². The minimum atomic E-state index is -3.58. The highest BCUT2D eigenvalue weighted by atomic mass is 32.2. The Hall–Kier alpha value is -2.16. The highest BCUT2D eigenvalue weighted by Gasteiger charge is 2.26. The maximum Gasteiger partial charge on any atom is 0.266 e. The highest BCUT2D eigenvalue weighted by Crippen LogP contribution is 2.29. The van der Waals surface area contributed by atoms with E-state index in [0.29, 0.717) is 36.0 Å². The smallest absolute Gasteiger partial charge is 0.266 e. The van der Waals surface area contributed by atoms with Gasteiger partial charge in [0.05, 0.1) is 6.61 Å². The molecule has 3 rings (SSSR count). The average molecular weight is 440 g/mol. The third-order valence-corrected chi connectivity index (χ3v) is 6.83. The van der Waals surface area contributed by atoms with Crippen LogP contribution in [0.25, 0.3) is 0 Å². The predicted molar refractivity (Wildman–Crippen MR) is 112 cm³/mol. The molecule has 0 spiro atoms. The van der Waals surface area contributed by atoms with Crippen LogP contribution in [0, 0.1) is 17.7 Å². The molecule has 7 nitrogen and oxygen atoms in total. The van der Waals surface area contributed by atoms with Gasteiger partial charge in [0.1, 0.15) is 16.5 Å². The van der Waals surface area contributed by atoms with E-state index in [1.807, 2.05) is 13.8 Å². The fourth-order valence-electron chi connectivity index (χ4n) is 3.73. The molecule has 0 N–H and O–H groups in total. The summed E-state index contributed by atoms with van der Waals surface area (Å²) < 4.78 is 47.9. The first-order chi connectivity index (χ1) is 14.1. The molecular weight excluding hydrogens is 409 g/mol. The maximum absolute atomic E-state index is 14.0. The molecule has 0 aliphatic carbocycles. The van der Waals surface area contributed by atoms with E-state index in [-0.39, 0.29) is 10.8 Å². The second-order valence-corrected chi connectivity index (χ2v) is 10.4. The van der Waals surface area contributed by atoms with Crippen molar-refractivity contribution in [3.8, 4) is 5.75 Å². The van der Waals surface area contributed by atoms with E-state index in [9.17, 15) is 12.8 Å². The summed E-state index contributed by atoms with van der Waals surface area (Å²) in [5, 5.41) is 4.09. The lowest BCUT2D eigenvalue weighted by Crippen LogP contribution is -2.36. The summed E-state index contributed by atoms with van der Waals surface area (Å²) in [5.41, 5.74) is 0. The van der Waals surface area contributed by atoms with Gasteiger partial charge in [-0.15, -0.1) is 0 Å². The maximum atomic E-state index is 14.0. The zero-order valence-corrected chi connectivity index (χ0v) is 18.8. The molecule has 9 heteroatoms. The third kappa shape index (κ3) is 5.50. The van der Waals surface area contributed by atoms with E-state index in [4.69, 9.17) is 9.26 Å². The highest BCUT2D eigenvalue weighted by molar-refractivity contribution is 7.90. The van der Waals surface area contributed by atoms with Crippen molar-refractivity contribution in [2.45, 2.75) is 50.8 Å². The molecule has 1 aliphatic heterocycles. The molecule has 0 radical (unpaired) electrons. The van der Waals surface area contributed by atoms with Crippen LogP contribution < -0.4 is 9.64 Å². The standard InChI is InChI=1S/C21H30FN3O4S/c1-14(2)20-23-21(24-29-20)25-10-7-16(8-11-25)15(3)9-12-28-17-5-6-19(18(22)13-17)30(4,26)27/h5-6,13-16H,7-12H2,1-4H3/t15-/m1/s1. The van der Waals surface area contributed by atoms with Gasteiger partial charge in [0.25, 0.3) is 5.95 Å². The van der Waals surface area contributed by atoms with Gasteiger partial charge in [-0.1, -0.05) is 20.8 Å². The van der Waals surface area contributed by atoms with Crippen LogP contribution in [0.15, 0.2) is 27.6 Å². The van der Waals surface area contributed by atoms with Crippen LogP contribution in [0.1, 0.15) is 51.8 Å². The molecule has 0 saturated carbocycles. The zero-order chi connectivity index (χ0) is 21.9. The van der Waals surface area contributed by atoms with Gasteiger partial charge in [0.15, 0.2) is 9.84 Å². The van der Waals surface area contributed by atoms with Crippen molar-refractivity contribution in [1.82, 2.24) is 10.1 Å². The van der Waals surface area contributed by atoms with Crippen LogP contribution in [0.5, 0.6) is 5.75 Å². The SMILES string of the molecule is CC(C)c1nc(N2CCC([C@H](C)CCOc3ccc(S(C)(=O)=O)c(F)c3)CC2)no1. The van der Waals surface area contributed by atoms with E-state index in [2.05, 4.69) is 22.0 Å². The molecule has 0 amide bonds. The Balaban J connectivity index is 1.45. The molecule has 166 valence electrons. The molecule has 0 bridgehead atoms. The average Bonchev–Trinajstić information content (AvgIpc) is 3.18. The lowest BCUT2D eigenvalue weighted by atomic mass is 9.84. The van der Waals surface area contributed by atoms with Gasteiger partial charge in [-0.25, -0.2) is 12.8 Å². The molecule has 1 aromatic carbocycles. The van der Waals surface area contributed by atoms with Crippen LogP contribution in [-0.4, -0.2) is 44.5 Å². The number of anilines is 1. The van der Waals surface area contributed by atoms with E-state index >= 15 is 0 Å². The van der Waals surface area contributed by atoms with Crippen molar-refractivity contribution < 1.29 is 22.1 Å². The summed E-state index contributed by atoms with van der Waals surface area (Å²) in [4.78, 5) is 6.33. The van der Waals surface area contributed by atoms with Gasteiger partial charge >= 0.3 is 0 Å². The van der Waals surface area contributed by atoms with Gasteiger partial charge in [0, 0.05) is 31.3 Å². The summed E-state index contributed by atoms with van der Waals surface area (Å²) in [6.45, 7) is 8.52. The largest absolute Gasteiger partial charge is 0.493 e. The van der Waals surface area contributed by atoms with Crippen molar-refractivity contribution in [3.63, 3.8) is 0 Å². The number of aromatic nitrogens is 2. The summed E-state index contributed by atoms with van der Waals surface area (Å²) in [7, 11) is -3.58. The lowest BCUT2D eigenvalue weighted by Gasteiger charge is -2.34. The number of hydrogen-bond donors (Lipinski definition) is 0. The quantitative estimate of drug-likeness (QED) is 0.613. The van der Waals surface area contributed by atoms with Gasteiger partial charge < -0.3 is 14.2 Å². The van der Waals surface area contributed by atoms with E-state index < -0.39 is 15.7 Å². The van der Waals surface area contributed by atoms with Gasteiger partial charge in [0.2, 0.25) is 5.89 Å². The zero-order valence-electron chi connectivity index (χ0n) is 18.0. The van der Waals surface area contributed by atoms with E-state index in [1.54, 1.807) is 0 Å². The molecule has 2 aromatic rings. The summed E-state index contributed by atoms with van der Waals surface area (Å²) >= 11 is 0. The van der Waals surface area contributed by atoms with Crippen LogP contribution >= 0.6 is 0 Å². The lowest BCUT2D eigenvalue weighted by molar-refractivity contribution is 0.222. The molecule has 1 fully saturated rings. The second-order valence-electron chi connectivity index (χ2n) is 8.39. The number of piperidine rings is 1. The molecule has 1 aromatic heterocycles. The Bertz CT molecular complexity index is 953. The van der Waals surface area contributed by atoms with E-state index in [0.717, 1.165) is 44.7 Å². The number of ether oxygens (including phenoxy) is 1. The number of nitrogens with zero attached hydrogens (tertiary/aromatic N) is 3. The Morgan fingerprint density at radius 2 is 1.97 bits per heavy atom. The van der Waals surface area contributed by atoms with Gasteiger partial charge in [-0.2, -0.15) is 4.98 Å². The Morgan fingerprint density at radius 1 is 1.27 bits per heavy atom. The Labute approximate surface area is 177 Å². The molecular formula is C21H30FN3O4S. The molecule has 1 saturated heterocycles. The van der Waals surface area contributed by atoms with Crippen LogP contribution in [0.4, 0.5) is 10.3 Å². The van der Waals surface area contributed by atoms with Crippen LogP contribution in [0.2, 0.25) is 0 Å². The molecule has 1 atom stereocenters. The Morgan fingerprint density at radius 3 is 2.53 bits per heavy atom. The van der Waals surface area contributed by atoms with Crippen molar-refractivity contribution >= 4 is 15.8 Å². The van der Waals surface area contributed by atoms with Crippen molar-refractivity contribution in [1.29, 1.82) is 0 Å².